The molecule has 1 aliphatic rings. The molecule has 1 heterocycles. The Morgan fingerprint density at radius 2 is 2.33 bits per heavy atom. The fourth-order valence-corrected chi connectivity index (χ4v) is 2.71. The predicted octanol–water partition coefficient (Wildman–Crippen LogP) is 2.63. The topological polar surface area (TPSA) is 95.7 Å². The van der Waals surface area contributed by atoms with Gasteiger partial charge in [-0.25, -0.2) is 4.79 Å². The lowest BCUT2D eigenvalue weighted by molar-refractivity contribution is -0.384. The van der Waals surface area contributed by atoms with Crippen molar-refractivity contribution >= 4 is 29.0 Å². The summed E-state index contributed by atoms with van der Waals surface area (Å²) >= 11 is 5.80. The summed E-state index contributed by atoms with van der Waals surface area (Å²) in [4.78, 5) is 23.9. The number of nitrogens with zero attached hydrogens (tertiary/aromatic N) is 2. The van der Waals surface area contributed by atoms with Gasteiger partial charge >= 0.3 is 6.03 Å². The molecule has 2 N–H and O–H groups in total. The first-order valence-electron chi connectivity index (χ1n) is 6.51. The minimum Gasteiger partial charge on any atom is -0.394 e. The maximum atomic E-state index is 12.2. The molecule has 1 aromatic carbocycles. The van der Waals surface area contributed by atoms with Gasteiger partial charge in [-0.2, -0.15) is 0 Å². The number of amides is 2. The van der Waals surface area contributed by atoms with Gasteiger partial charge in [0.25, 0.3) is 5.69 Å². The largest absolute Gasteiger partial charge is 0.394 e. The Labute approximate surface area is 126 Å². The van der Waals surface area contributed by atoms with E-state index >= 15 is 0 Å². The van der Waals surface area contributed by atoms with Gasteiger partial charge in [0.05, 0.1) is 17.1 Å². The van der Waals surface area contributed by atoms with Crippen molar-refractivity contribution in [3.63, 3.8) is 0 Å². The van der Waals surface area contributed by atoms with Crippen molar-refractivity contribution in [1.29, 1.82) is 0 Å². The molecule has 0 radical (unpaired) electrons. The van der Waals surface area contributed by atoms with Gasteiger partial charge in [-0.15, -0.1) is 0 Å². The third-order valence-corrected chi connectivity index (χ3v) is 4.03. The highest BCUT2D eigenvalue weighted by molar-refractivity contribution is 6.33. The molecular weight excluding hydrogens is 298 g/mol. The smallest absolute Gasteiger partial charge is 0.322 e. The minimum absolute atomic E-state index is 0.0378. The Hall–Kier alpha value is -1.86. The van der Waals surface area contributed by atoms with Crippen LogP contribution in [0.4, 0.5) is 16.2 Å². The number of halogens is 1. The zero-order chi connectivity index (χ0) is 15.6. The number of hydrogen-bond donors (Lipinski definition) is 2. The molecule has 1 unspecified atom stereocenters. The van der Waals surface area contributed by atoms with E-state index in [0.29, 0.717) is 12.2 Å². The number of rotatable bonds is 3. The Morgan fingerprint density at radius 1 is 1.62 bits per heavy atom. The van der Waals surface area contributed by atoms with E-state index in [0.717, 1.165) is 12.8 Å². The molecular formula is C13H16ClN3O4. The molecule has 1 saturated heterocycles. The average molecular weight is 314 g/mol. The van der Waals surface area contributed by atoms with Gasteiger partial charge in [-0.3, -0.25) is 10.1 Å². The number of aliphatic hydroxyl groups excluding tert-OH is 1. The average Bonchev–Trinajstić information content (AvgIpc) is 2.81. The quantitative estimate of drug-likeness (QED) is 0.662. The highest BCUT2D eigenvalue weighted by atomic mass is 35.5. The Bertz CT molecular complexity index is 581. The summed E-state index contributed by atoms with van der Waals surface area (Å²) in [7, 11) is 0. The number of carbonyl (C=O) groups is 1. The monoisotopic (exact) mass is 313 g/mol. The van der Waals surface area contributed by atoms with Gasteiger partial charge in [-0.05, 0) is 31.9 Å². The normalized spacial score (nSPS) is 21.4. The fourth-order valence-electron chi connectivity index (χ4n) is 2.46. The highest BCUT2D eigenvalue weighted by Crippen LogP contribution is 2.30. The van der Waals surface area contributed by atoms with Crippen LogP contribution in [0.5, 0.6) is 0 Å². The van der Waals surface area contributed by atoms with Crippen LogP contribution in [0.15, 0.2) is 18.2 Å². The number of urea groups is 1. The third kappa shape index (κ3) is 3.08. The molecule has 0 bridgehead atoms. The number of hydrogen-bond acceptors (Lipinski definition) is 4. The SMILES string of the molecule is CC1(CO)CCCN1C(=O)Nc1ccc([N+](=O)[O-])c(Cl)c1. The number of benzene rings is 1. The van der Waals surface area contributed by atoms with Crippen LogP contribution >= 0.6 is 11.6 Å². The first-order chi connectivity index (χ1) is 9.87. The maximum Gasteiger partial charge on any atom is 0.322 e. The first kappa shape index (κ1) is 15.5. The van der Waals surface area contributed by atoms with Gasteiger partial charge < -0.3 is 15.3 Å². The lowest BCUT2D eigenvalue weighted by atomic mass is 10.0. The predicted molar refractivity (Wildman–Crippen MR) is 78.6 cm³/mol. The van der Waals surface area contributed by atoms with E-state index in [9.17, 15) is 20.0 Å². The minimum atomic E-state index is -0.586. The molecule has 2 amide bonds. The van der Waals surface area contributed by atoms with Crippen LogP contribution in [0.2, 0.25) is 5.02 Å². The number of carbonyl (C=O) groups excluding carboxylic acids is 1. The van der Waals surface area contributed by atoms with Crippen LogP contribution in [-0.2, 0) is 0 Å². The zero-order valence-corrected chi connectivity index (χ0v) is 12.3. The van der Waals surface area contributed by atoms with E-state index in [1.54, 1.807) is 4.90 Å². The van der Waals surface area contributed by atoms with Gasteiger partial charge in [0.1, 0.15) is 5.02 Å². The van der Waals surface area contributed by atoms with Crippen molar-refractivity contribution in [1.82, 2.24) is 4.90 Å². The van der Waals surface area contributed by atoms with Crippen LogP contribution in [0.3, 0.4) is 0 Å². The molecule has 114 valence electrons. The molecule has 0 saturated carbocycles. The Balaban J connectivity index is 2.13. The molecule has 1 aromatic rings. The molecule has 0 spiro atoms. The van der Waals surface area contributed by atoms with E-state index in [4.69, 9.17) is 11.6 Å². The second-order valence-electron chi connectivity index (χ2n) is 5.26. The lowest BCUT2D eigenvalue weighted by Crippen LogP contribution is -2.49. The number of likely N-dealkylation sites (tertiary alicyclic amines) is 1. The lowest BCUT2D eigenvalue weighted by Gasteiger charge is -2.33. The summed E-state index contributed by atoms with van der Waals surface area (Å²) in [5, 5.41) is 22.7. The number of anilines is 1. The van der Waals surface area contributed by atoms with Crippen LogP contribution in [0.25, 0.3) is 0 Å². The van der Waals surface area contributed by atoms with Crippen LogP contribution < -0.4 is 5.32 Å². The van der Waals surface area contributed by atoms with Crippen molar-refractivity contribution in [3.8, 4) is 0 Å². The summed E-state index contributed by atoms with van der Waals surface area (Å²) < 4.78 is 0. The van der Waals surface area contributed by atoms with E-state index in [1.807, 2.05) is 6.92 Å². The van der Waals surface area contributed by atoms with E-state index in [-0.39, 0.29) is 23.3 Å². The molecule has 8 heteroatoms. The Kier molecular flexibility index (Phi) is 4.34. The summed E-state index contributed by atoms with van der Waals surface area (Å²) in [6, 6.07) is 3.65. The fraction of sp³-hybridized carbons (Fsp3) is 0.462. The van der Waals surface area contributed by atoms with Crippen molar-refractivity contribution in [2.45, 2.75) is 25.3 Å². The number of aliphatic hydroxyl groups is 1. The second kappa shape index (κ2) is 5.87. The van der Waals surface area contributed by atoms with Crippen molar-refractivity contribution < 1.29 is 14.8 Å². The number of nitrogens with one attached hydrogen (secondary N) is 1. The second-order valence-corrected chi connectivity index (χ2v) is 5.67. The first-order valence-corrected chi connectivity index (χ1v) is 6.88. The van der Waals surface area contributed by atoms with Crippen LogP contribution in [0.1, 0.15) is 19.8 Å². The van der Waals surface area contributed by atoms with Gasteiger partial charge in [0.2, 0.25) is 0 Å². The van der Waals surface area contributed by atoms with Crippen LogP contribution in [-0.4, -0.2) is 39.7 Å². The summed E-state index contributed by atoms with van der Waals surface area (Å²) in [6.45, 7) is 2.27. The van der Waals surface area contributed by atoms with Crippen molar-refractivity contribution in [2.24, 2.45) is 0 Å². The molecule has 0 aliphatic carbocycles. The van der Waals surface area contributed by atoms with E-state index < -0.39 is 10.5 Å². The maximum absolute atomic E-state index is 12.2. The van der Waals surface area contributed by atoms with Gasteiger partial charge in [-0.1, -0.05) is 11.6 Å². The molecule has 2 rings (SSSR count). The standard InChI is InChI=1S/C13H16ClN3O4/c1-13(8-18)5-2-6-16(13)12(19)15-9-3-4-11(17(20)21)10(14)7-9/h3-4,7,18H,2,5-6,8H2,1H3,(H,15,19). The Morgan fingerprint density at radius 3 is 2.90 bits per heavy atom. The zero-order valence-electron chi connectivity index (χ0n) is 11.5. The summed E-state index contributed by atoms with van der Waals surface area (Å²) in [6.07, 6.45) is 1.56. The third-order valence-electron chi connectivity index (χ3n) is 3.73. The van der Waals surface area contributed by atoms with Crippen LogP contribution in [0, 0.1) is 10.1 Å². The van der Waals surface area contributed by atoms with Crippen molar-refractivity contribution in [3.05, 3.63) is 33.3 Å². The molecule has 21 heavy (non-hydrogen) atoms. The summed E-state index contributed by atoms with van der Waals surface area (Å²) in [5.74, 6) is 0. The van der Waals surface area contributed by atoms with E-state index in [1.165, 1.54) is 18.2 Å². The van der Waals surface area contributed by atoms with Gasteiger partial charge in [0.15, 0.2) is 0 Å². The van der Waals surface area contributed by atoms with Crippen molar-refractivity contribution in [2.75, 3.05) is 18.5 Å². The highest BCUT2D eigenvalue weighted by Gasteiger charge is 2.39. The number of nitro groups is 1. The van der Waals surface area contributed by atoms with Gasteiger partial charge in [0, 0.05) is 18.3 Å². The number of nitro benzene ring substituents is 1. The molecule has 1 aliphatic heterocycles. The molecule has 1 fully saturated rings. The van der Waals surface area contributed by atoms with E-state index in [2.05, 4.69) is 5.32 Å². The molecule has 1 atom stereocenters. The molecule has 7 nitrogen and oxygen atoms in total. The molecule has 0 aromatic heterocycles. The summed E-state index contributed by atoms with van der Waals surface area (Å²) in [5.41, 5.74) is -0.409.